The van der Waals surface area contributed by atoms with Crippen LogP contribution >= 0.6 is 23.2 Å². The highest BCUT2D eigenvalue weighted by Crippen LogP contribution is 2.38. The summed E-state index contributed by atoms with van der Waals surface area (Å²) in [4.78, 5) is 12.2. The molecule has 1 amide bonds. The molecule has 1 aliphatic heterocycles. The van der Waals surface area contributed by atoms with Crippen molar-refractivity contribution < 1.29 is 14.3 Å². The number of halogens is 2. The van der Waals surface area contributed by atoms with E-state index in [2.05, 4.69) is 20.8 Å². The summed E-state index contributed by atoms with van der Waals surface area (Å²) in [6.07, 6.45) is 0. The number of carbonyl (C=O) groups excluding carboxylic acids is 1. The van der Waals surface area contributed by atoms with E-state index in [1.54, 1.807) is 37.3 Å². The van der Waals surface area contributed by atoms with Crippen molar-refractivity contribution in [1.29, 1.82) is 0 Å². The second-order valence-corrected chi connectivity index (χ2v) is 7.88. The zero-order valence-corrected chi connectivity index (χ0v) is 18.8. The SMILES string of the molecule is CCOc1cc(C2C(C(N)=O)=C(C)Nc3nnnn32)ccc1OCc1ccc(Cl)cc1Cl. The standard InChI is InChI=1S/C21H20Cl2N6O3/c1-3-31-17-8-12(5-7-16(17)32-10-13-4-6-14(22)9-15(13)23)19-18(20(24)30)11(2)25-21-26-27-28-29(19)21/h4-9,19H,3,10H2,1-2H3,(H2,24,30)(H,25,26,28). The Labute approximate surface area is 194 Å². The van der Waals surface area contributed by atoms with Gasteiger partial charge in [-0.05, 0) is 54.1 Å². The van der Waals surface area contributed by atoms with Crippen molar-refractivity contribution in [3.8, 4) is 11.5 Å². The number of fused-ring (bicyclic) bond motifs is 1. The van der Waals surface area contributed by atoms with Gasteiger partial charge in [-0.3, -0.25) is 4.79 Å². The maximum Gasteiger partial charge on any atom is 0.248 e. The van der Waals surface area contributed by atoms with Crippen LogP contribution in [0.15, 0.2) is 47.7 Å². The Morgan fingerprint density at radius 1 is 1.19 bits per heavy atom. The summed E-state index contributed by atoms with van der Waals surface area (Å²) in [5, 5.41) is 15.8. The van der Waals surface area contributed by atoms with Crippen molar-refractivity contribution in [2.45, 2.75) is 26.5 Å². The van der Waals surface area contributed by atoms with E-state index < -0.39 is 11.9 Å². The Morgan fingerprint density at radius 3 is 2.72 bits per heavy atom. The van der Waals surface area contributed by atoms with E-state index in [-0.39, 0.29) is 6.61 Å². The lowest BCUT2D eigenvalue weighted by atomic mass is 9.95. The van der Waals surface area contributed by atoms with Crippen molar-refractivity contribution in [3.05, 3.63) is 68.8 Å². The number of amides is 1. The predicted octanol–water partition coefficient (Wildman–Crippen LogP) is 3.73. The maximum atomic E-state index is 12.2. The van der Waals surface area contributed by atoms with Gasteiger partial charge in [-0.15, -0.1) is 0 Å². The van der Waals surface area contributed by atoms with Gasteiger partial charge in [0, 0.05) is 21.3 Å². The van der Waals surface area contributed by atoms with Crippen molar-refractivity contribution in [1.82, 2.24) is 20.2 Å². The Bertz CT molecular complexity index is 1210. The van der Waals surface area contributed by atoms with Gasteiger partial charge in [0.25, 0.3) is 0 Å². The molecule has 1 unspecified atom stereocenters. The fourth-order valence-electron chi connectivity index (χ4n) is 3.52. The molecule has 1 atom stereocenters. The number of allylic oxidation sites excluding steroid dienone is 1. The predicted molar refractivity (Wildman–Crippen MR) is 120 cm³/mol. The highest BCUT2D eigenvalue weighted by atomic mass is 35.5. The molecule has 32 heavy (non-hydrogen) atoms. The number of carbonyl (C=O) groups is 1. The number of rotatable bonds is 7. The topological polar surface area (TPSA) is 117 Å². The first-order valence-electron chi connectivity index (χ1n) is 9.78. The third kappa shape index (κ3) is 4.21. The number of nitrogens with one attached hydrogen (secondary N) is 1. The monoisotopic (exact) mass is 474 g/mol. The van der Waals surface area contributed by atoms with E-state index in [0.29, 0.717) is 50.9 Å². The third-order valence-electron chi connectivity index (χ3n) is 4.96. The number of hydrogen-bond acceptors (Lipinski definition) is 7. The van der Waals surface area contributed by atoms with E-state index in [4.69, 9.17) is 38.4 Å². The minimum Gasteiger partial charge on any atom is -0.490 e. The van der Waals surface area contributed by atoms with Gasteiger partial charge < -0.3 is 20.5 Å². The van der Waals surface area contributed by atoms with Crippen LogP contribution in [0.2, 0.25) is 10.0 Å². The molecule has 1 aliphatic rings. The summed E-state index contributed by atoms with van der Waals surface area (Å²) < 4.78 is 13.3. The summed E-state index contributed by atoms with van der Waals surface area (Å²) >= 11 is 12.2. The molecule has 0 saturated carbocycles. The summed E-state index contributed by atoms with van der Waals surface area (Å²) in [5.74, 6) is 0.864. The molecule has 9 nitrogen and oxygen atoms in total. The number of nitrogens with two attached hydrogens (primary N) is 1. The van der Waals surface area contributed by atoms with Crippen molar-refractivity contribution >= 4 is 35.1 Å². The van der Waals surface area contributed by atoms with Crippen LogP contribution in [-0.4, -0.2) is 32.7 Å². The van der Waals surface area contributed by atoms with Gasteiger partial charge in [0.15, 0.2) is 11.5 Å². The van der Waals surface area contributed by atoms with Crippen molar-refractivity contribution in [3.63, 3.8) is 0 Å². The van der Waals surface area contributed by atoms with Crippen LogP contribution in [0.4, 0.5) is 5.95 Å². The lowest BCUT2D eigenvalue weighted by Crippen LogP contribution is -2.31. The quantitative estimate of drug-likeness (QED) is 0.535. The summed E-state index contributed by atoms with van der Waals surface area (Å²) in [7, 11) is 0. The zero-order valence-electron chi connectivity index (χ0n) is 17.3. The zero-order chi connectivity index (χ0) is 22.8. The first-order chi connectivity index (χ1) is 15.4. The molecule has 166 valence electrons. The number of ether oxygens (including phenoxy) is 2. The lowest BCUT2D eigenvalue weighted by Gasteiger charge is -2.27. The van der Waals surface area contributed by atoms with Gasteiger partial charge in [0.1, 0.15) is 12.6 Å². The Morgan fingerprint density at radius 2 is 2.00 bits per heavy atom. The van der Waals surface area contributed by atoms with Gasteiger partial charge >= 0.3 is 0 Å². The molecule has 11 heteroatoms. The Hall–Kier alpha value is -3.30. The van der Waals surface area contributed by atoms with Crippen LogP contribution in [0.5, 0.6) is 11.5 Å². The molecule has 3 aromatic rings. The Kier molecular flexibility index (Phi) is 6.20. The number of aromatic nitrogens is 4. The smallest absolute Gasteiger partial charge is 0.248 e. The molecule has 0 radical (unpaired) electrons. The minimum atomic E-state index is -0.613. The Balaban J connectivity index is 1.69. The van der Waals surface area contributed by atoms with Crippen LogP contribution in [0.25, 0.3) is 0 Å². The molecule has 0 spiro atoms. The summed E-state index contributed by atoms with van der Waals surface area (Å²) in [6, 6.07) is 9.98. The highest BCUT2D eigenvalue weighted by Gasteiger charge is 2.33. The number of nitrogens with zero attached hydrogens (tertiary/aromatic N) is 4. The van der Waals surface area contributed by atoms with E-state index in [1.165, 1.54) is 4.68 Å². The van der Waals surface area contributed by atoms with Crippen molar-refractivity contribution in [2.24, 2.45) is 5.73 Å². The highest BCUT2D eigenvalue weighted by molar-refractivity contribution is 6.35. The normalized spacial score (nSPS) is 15.2. The van der Waals surface area contributed by atoms with E-state index in [0.717, 1.165) is 5.56 Å². The fourth-order valence-corrected chi connectivity index (χ4v) is 3.98. The first-order valence-corrected chi connectivity index (χ1v) is 10.5. The third-order valence-corrected chi connectivity index (χ3v) is 5.55. The number of tetrazole rings is 1. The second kappa shape index (κ2) is 9.05. The van der Waals surface area contributed by atoms with Crippen LogP contribution in [0, 0.1) is 0 Å². The van der Waals surface area contributed by atoms with Crippen LogP contribution in [-0.2, 0) is 11.4 Å². The van der Waals surface area contributed by atoms with Gasteiger partial charge in [-0.1, -0.05) is 40.4 Å². The second-order valence-electron chi connectivity index (χ2n) is 7.04. The fraction of sp³-hybridized carbons (Fsp3) is 0.238. The number of benzene rings is 2. The molecule has 4 rings (SSSR count). The van der Waals surface area contributed by atoms with Gasteiger partial charge in [0.05, 0.1) is 12.2 Å². The average molecular weight is 475 g/mol. The van der Waals surface area contributed by atoms with Crippen LogP contribution in [0.3, 0.4) is 0 Å². The van der Waals surface area contributed by atoms with E-state index in [1.807, 2.05) is 13.0 Å². The van der Waals surface area contributed by atoms with Crippen LogP contribution in [0.1, 0.15) is 31.0 Å². The number of primary amides is 1. The van der Waals surface area contributed by atoms with Gasteiger partial charge in [-0.2, -0.15) is 4.68 Å². The van der Waals surface area contributed by atoms with Crippen molar-refractivity contribution in [2.75, 3.05) is 11.9 Å². The molecule has 1 aromatic heterocycles. The number of hydrogen-bond donors (Lipinski definition) is 2. The summed E-state index contributed by atoms with van der Waals surface area (Å²) in [6.45, 7) is 4.27. The largest absolute Gasteiger partial charge is 0.490 e. The average Bonchev–Trinajstić information content (AvgIpc) is 3.21. The lowest BCUT2D eigenvalue weighted by molar-refractivity contribution is -0.115. The molecule has 3 N–H and O–H groups in total. The maximum absolute atomic E-state index is 12.2. The van der Waals surface area contributed by atoms with Gasteiger partial charge in [0.2, 0.25) is 11.9 Å². The first kappa shape index (κ1) is 21.9. The number of anilines is 1. The molecule has 0 aliphatic carbocycles. The minimum absolute atomic E-state index is 0.228. The molecular formula is C21H20Cl2N6O3. The molecule has 2 aromatic carbocycles. The van der Waals surface area contributed by atoms with E-state index >= 15 is 0 Å². The molecular weight excluding hydrogens is 455 g/mol. The molecule has 0 bridgehead atoms. The molecule has 0 saturated heterocycles. The summed E-state index contributed by atoms with van der Waals surface area (Å²) in [5.41, 5.74) is 8.12. The van der Waals surface area contributed by atoms with Gasteiger partial charge in [-0.25, -0.2) is 0 Å². The molecule has 0 fully saturated rings. The van der Waals surface area contributed by atoms with Crippen LogP contribution < -0.4 is 20.5 Å². The van der Waals surface area contributed by atoms with E-state index in [9.17, 15) is 4.79 Å². The molecule has 2 heterocycles.